The molecule has 7 heteroatoms. The number of nitrogens with one attached hydrogen (secondary N) is 1. The molecular formula is C12H12F2N2O3. The second-order valence-corrected chi connectivity index (χ2v) is 4.22. The minimum atomic E-state index is -1.40. The van der Waals surface area contributed by atoms with Crippen LogP contribution < -0.4 is 10.2 Å². The Kier molecular flexibility index (Phi) is 3.64. The van der Waals surface area contributed by atoms with Gasteiger partial charge in [-0.15, -0.1) is 0 Å². The van der Waals surface area contributed by atoms with Gasteiger partial charge in [-0.3, -0.25) is 4.79 Å². The Bertz CT molecular complexity index is 511. The summed E-state index contributed by atoms with van der Waals surface area (Å²) in [7, 11) is 0. The van der Waals surface area contributed by atoms with Gasteiger partial charge in [-0.1, -0.05) is 0 Å². The summed E-state index contributed by atoms with van der Waals surface area (Å²) in [5, 5.41) is 11.3. The van der Waals surface area contributed by atoms with Crippen LogP contribution in [-0.4, -0.2) is 36.6 Å². The zero-order chi connectivity index (χ0) is 14.0. The van der Waals surface area contributed by atoms with Gasteiger partial charge in [-0.25, -0.2) is 13.6 Å². The number of carboxylic acids is 1. The number of hydrogen-bond acceptors (Lipinski definition) is 3. The van der Waals surface area contributed by atoms with E-state index in [2.05, 4.69) is 5.32 Å². The molecule has 0 radical (unpaired) electrons. The number of amides is 1. The number of benzene rings is 1. The largest absolute Gasteiger partial charge is 0.478 e. The maximum atomic E-state index is 13.8. The van der Waals surface area contributed by atoms with Crippen molar-refractivity contribution in [1.29, 1.82) is 0 Å². The molecule has 1 amide bonds. The van der Waals surface area contributed by atoms with Crippen molar-refractivity contribution in [3.8, 4) is 0 Å². The number of carboxylic acid groups (broad SMARTS) is 1. The molecular weight excluding hydrogens is 258 g/mol. The summed E-state index contributed by atoms with van der Waals surface area (Å²) in [4.78, 5) is 23.3. The molecule has 102 valence electrons. The van der Waals surface area contributed by atoms with E-state index < -0.39 is 23.2 Å². The van der Waals surface area contributed by atoms with Crippen molar-refractivity contribution in [2.24, 2.45) is 0 Å². The van der Waals surface area contributed by atoms with Crippen molar-refractivity contribution in [3.05, 3.63) is 29.3 Å². The van der Waals surface area contributed by atoms with E-state index in [0.717, 1.165) is 12.1 Å². The van der Waals surface area contributed by atoms with Crippen LogP contribution in [0.4, 0.5) is 14.5 Å². The molecule has 0 unspecified atom stereocenters. The molecule has 0 spiro atoms. The van der Waals surface area contributed by atoms with Gasteiger partial charge in [0.25, 0.3) is 0 Å². The first-order chi connectivity index (χ1) is 8.99. The predicted molar refractivity (Wildman–Crippen MR) is 63.2 cm³/mol. The smallest absolute Gasteiger partial charge is 0.335 e. The topological polar surface area (TPSA) is 69.6 Å². The summed E-state index contributed by atoms with van der Waals surface area (Å²) in [6.45, 7) is 0.616. The molecule has 0 bridgehead atoms. The molecule has 0 aromatic heterocycles. The third kappa shape index (κ3) is 2.81. The molecule has 1 aliphatic rings. The normalized spacial score (nSPS) is 15.9. The van der Waals surface area contributed by atoms with Crippen LogP contribution in [0.15, 0.2) is 12.1 Å². The lowest BCUT2D eigenvalue weighted by Gasteiger charge is -2.22. The molecule has 0 saturated carbocycles. The Labute approximate surface area is 107 Å². The zero-order valence-corrected chi connectivity index (χ0v) is 9.95. The minimum Gasteiger partial charge on any atom is -0.478 e. The van der Waals surface area contributed by atoms with Crippen molar-refractivity contribution in [2.75, 3.05) is 24.5 Å². The second kappa shape index (κ2) is 5.21. The summed E-state index contributed by atoms with van der Waals surface area (Å²) in [6, 6.07) is 1.51. The molecule has 1 aliphatic heterocycles. The van der Waals surface area contributed by atoms with Gasteiger partial charge in [0.05, 0.1) is 12.1 Å². The molecule has 1 aromatic rings. The molecule has 1 heterocycles. The lowest BCUT2D eigenvalue weighted by molar-refractivity contribution is -0.119. The maximum absolute atomic E-state index is 13.8. The number of carbonyl (C=O) groups is 2. The van der Waals surface area contributed by atoms with Crippen LogP contribution in [-0.2, 0) is 4.79 Å². The zero-order valence-electron chi connectivity index (χ0n) is 9.95. The standard InChI is InChI=1S/C12H12F2N2O3/c13-8-4-7(12(18)19)5-9(14)11(8)16-3-1-2-15-10(17)6-16/h4-5H,1-3,6H2,(H,15,17)(H,18,19). The van der Waals surface area contributed by atoms with Gasteiger partial charge in [0.15, 0.2) is 0 Å². The Morgan fingerprint density at radius 3 is 2.53 bits per heavy atom. The summed E-state index contributed by atoms with van der Waals surface area (Å²) in [5.74, 6) is -3.68. The minimum absolute atomic E-state index is 0.153. The van der Waals surface area contributed by atoms with Gasteiger partial charge in [0, 0.05) is 13.1 Å². The molecule has 1 fully saturated rings. The number of hydrogen-bond donors (Lipinski definition) is 2. The van der Waals surface area contributed by atoms with Crippen LogP contribution >= 0.6 is 0 Å². The van der Waals surface area contributed by atoms with Crippen molar-refractivity contribution in [1.82, 2.24) is 5.32 Å². The van der Waals surface area contributed by atoms with Crippen LogP contribution in [0.1, 0.15) is 16.8 Å². The summed E-state index contributed by atoms with van der Waals surface area (Å²) < 4.78 is 27.7. The Morgan fingerprint density at radius 2 is 1.95 bits per heavy atom. The highest BCUT2D eigenvalue weighted by atomic mass is 19.1. The van der Waals surface area contributed by atoms with Crippen molar-refractivity contribution in [3.63, 3.8) is 0 Å². The quantitative estimate of drug-likeness (QED) is 0.840. The highest BCUT2D eigenvalue weighted by molar-refractivity contribution is 5.88. The third-order valence-corrected chi connectivity index (χ3v) is 2.84. The number of aromatic carboxylic acids is 1. The van der Waals surface area contributed by atoms with Gasteiger partial charge < -0.3 is 15.3 Å². The number of nitrogens with zero attached hydrogens (tertiary/aromatic N) is 1. The third-order valence-electron chi connectivity index (χ3n) is 2.84. The predicted octanol–water partition coefficient (Wildman–Crippen LogP) is 0.989. The molecule has 2 N–H and O–H groups in total. The molecule has 2 rings (SSSR count). The fourth-order valence-corrected chi connectivity index (χ4v) is 1.99. The van der Waals surface area contributed by atoms with Gasteiger partial charge in [0.1, 0.15) is 17.3 Å². The molecule has 0 aliphatic carbocycles. The van der Waals surface area contributed by atoms with E-state index >= 15 is 0 Å². The summed E-state index contributed by atoms with van der Waals surface area (Å²) in [6.07, 6.45) is 0.561. The van der Waals surface area contributed by atoms with Crippen LogP contribution in [0.25, 0.3) is 0 Å². The number of carbonyl (C=O) groups excluding carboxylic acids is 1. The van der Waals surface area contributed by atoms with Crippen molar-refractivity contribution < 1.29 is 23.5 Å². The van der Waals surface area contributed by atoms with Gasteiger partial charge in [-0.05, 0) is 18.6 Å². The first-order valence-corrected chi connectivity index (χ1v) is 5.73. The lowest BCUT2D eigenvalue weighted by Crippen LogP contribution is -2.34. The fraction of sp³-hybridized carbons (Fsp3) is 0.333. The average Bonchev–Trinajstić information content (AvgIpc) is 2.53. The molecule has 1 saturated heterocycles. The molecule has 19 heavy (non-hydrogen) atoms. The monoisotopic (exact) mass is 270 g/mol. The molecule has 5 nitrogen and oxygen atoms in total. The van der Waals surface area contributed by atoms with Crippen molar-refractivity contribution in [2.45, 2.75) is 6.42 Å². The van der Waals surface area contributed by atoms with Crippen LogP contribution in [0.5, 0.6) is 0 Å². The number of halogens is 2. The van der Waals surface area contributed by atoms with Crippen LogP contribution in [0, 0.1) is 11.6 Å². The number of rotatable bonds is 2. The van der Waals surface area contributed by atoms with Gasteiger partial charge >= 0.3 is 5.97 Å². The maximum Gasteiger partial charge on any atom is 0.335 e. The average molecular weight is 270 g/mol. The van der Waals surface area contributed by atoms with E-state index in [4.69, 9.17) is 5.11 Å². The summed E-state index contributed by atoms with van der Waals surface area (Å²) in [5.41, 5.74) is -0.819. The Hall–Kier alpha value is -2.18. The first-order valence-electron chi connectivity index (χ1n) is 5.73. The SMILES string of the molecule is O=C1CN(c2c(F)cc(C(=O)O)cc2F)CCCN1. The fourth-order valence-electron chi connectivity index (χ4n) is 1.99. The Morgan fingerprint density at radius 1 is 1.32 bits per heavy atom. The number of anilines is 1. The lowest BCUT2D eigenvalue weighted by atomic mass is 10.1. The van der Waals surface area contributed by atoms with Crippen molar-refractivity contribution >= 4 is 17.6 Å². The van der Waals surface area contributed by atoms with E-state index in [1.54, 1.807) is 0 Å². The highest BCUT2D eigenvalue weighted by Crippen LogP contribution is 2.25. The first kappa shape index (κ1) is 13.3. The van der Waals surface area contributed by atoms with Crippen LogP contribution in [0.3, 0.4) is 0 Å². The van der Waals surface area contributed by atoms with E-state index in [1.807, 2.05) is 0 Å². The van der Waals surface area contributed by atoms with Gasteiger partial charge in [-0.2, -0.15) is 0 Å². The Balaban J connectivity index is 2.38. The van der Waals surface area contributed by atoms with E-state index in [9.17, 15) is 18.4 Å². The second-order valence-electron chi connectivity index (χ2n) is 4.22. The molecule has 1 aromatic carbocycles. The van der Waals surface area contributed by atoms with E-state index in [-0.39, 0.29) is 18.1 Å². The summed E-state index contributed by atoms with van der Waals surface area (Å²) >= 11 is 0. The van der Waals surface area contributed by atoms with Gasteiger partial charge in [0.2, 0.25) is 5.91 Å². The highest BCUT2D eigenvalue weighted by Gasteiger charge is 2.23. The van der Waals surface area contributed by atoms with E-state index in [0.29, 0.717) is 19.5 Å². The molecule has 0 atom stereocenters. The van der Waals surface area contributed by atoms with E-state index in [1.165, 1.54) is 4.90 Å². The van der Waals surface area contributed by atoms with Crippen LogP contribution in [0.2, 0.25) is 0 Å².